The van der Waals surface area contributed by atoms with Crippen LogP contribution in [0, 0.1) is 29.6 Å². The molecule has 0 N–H and O–H groups in total. The summed E-state index contributed by atoms with van der Waals surface area (Å²) in [6.45, 7) is 1.43. The maximum absolute atomic E-state index is 12.1. The zero-order valence-electron chi connectivity index (χ0n) is 11.5. The van der Waals surface area contributed by atoms with E-state index in [1.807, 2.05) is 0 Å². The second kappa shape index (κ2) is 4.78. The Morgan fingerprint density at radius 1 is 1.05 bits per heavy atom. The van der Waals surface area contributed by atoms with E-state index in [4.69, 9.17) is 0 Å². The average Bonchev–Trinajstić information content (AvgIpc) is 2.30. The van der Waals surface area contributed by atoms with Gasteiger partial charge in [-0.15, -0.1) is 13.2 Å². The summed E-state index contributed by atoms with van der Waals surface area (Å²) in [7, 11) is 0. The quantitative estimate of drug-likeness (QED) is 0.565. The zero-order valence-corrected chi connectivity index (χ0v) is 11.5. The number of hydrogen-bond acceptors (Lipinski definition) is 2. The van der Waals surface area contributed by atoms with E-state index in [0.29, 0.717) is 11.8 Å². The molecule has 0 aromatic heterocycles. The SMILES string of the molecule is CC(=CC1C2CC3CC(C2)CC1C3)C(=O)OC(F)(F)F. The van der Waals surface area contributed by atoms with Gasteiger partial charge in [-0.2, -0.15) is 0 Å². The minimum atomic E-state index is -4.89. The van der Waals surface area contributed by atoms with Crippen LogP contribution in [-0.4, -0.2) is 12.3 Å². The monoisotopic (exact) mass is 288 g/mol. The van der Waals surface area contributed by atoms with E-state index in [1.54, 1.807) is 6.08 Å². The van der Waals surface area contributed by atoms with Crippen molar-refractivity contribution in [3.63, 3.8) is 0 Å². The van der Waals surface area contributed by atoms with Crippen molar-refractivity contribution in [2.24, 2.45) is 29.6 Å². The summed E-state index contributed by atoms with van der Waals surface area (Å²) < 4.78 is 39.7. The fraction of sp³-hybridized carbons (Fsp3) is 0.800. The number of carbonyl (C=O) groups is 1. The third-order valence-corrected chi connectivity index (χ3v) is 5.27. The van der Waals surface area contributed by atoms with Gasteiger partial charge in [0.1, 0.15) is 0 Å². The lowest BCUT2D eigenvalue weighted by atomic mass is 9.52. The van der Waals surface area contributed by atoms with Crippen LogP contribution in [0.4, 0.5) is 13.2 Å². The lowest BCUT2D eigenvalue weighted by Gasteiger charge is -2.53. The molecule has 0 aromatic carbocycles. The van der Waals surface area contributed by atoms with Crippen molar-refractivity contribution >= 4 is 5.97 Å². The van der Waals surface area contributed by atoms with E-state index in [1.165, 1.54) is 39.0 Å². The first-order valence-electron chi connectivity index (χ1n) is 7.30. The minimum Gasteiger partial charge on any atom is -0.369 e. The predicted octanol–water partition coefficient (Wildman–Crippen LogP) is 4.07. The molecule has 4 rings (SSSR count). The van der Waals surface area contributed by atoms with Gasteiger partial charge in [-0.3, -0.25) is 0 Å². The molecule has 0 aliphatic heterocycles. The van der Waals surface area contributed by atoms with Crippen molar-refractivity contribution in [1.29, 1.82) is 0 Å². The minimum absolute atomic E-state index is 0.0970. The van der Waals surface area contributed by atoms with Gasteiger partial charge in [0.05, 0.1) is 0 Å². The Bertz CT molecular complexity index is 411. The highest BCUT2D eigenvalue weighted by Crippen LogP contribution is 2.57. The molecule has 5 heteroatoms. The zero-order chi connectivity index (χ0) is 14.5. The van der Waals surface area contributed by atoms with Gasteiger partial charge in [-0.05, 0) is 68.6 Å². The first-order chi connectivity index (χ1) is 9.32. The number of hydrogen-bond donors (Lipinski definition) is 0. The van der Waals surface area contributed by atoms with Crippen LogP contribution in [0.2, 0.25) is 0 Å². The Kier molecular flexibility index (Phi) is 3.33. The highest BCUT2D eigenvalue weighted by atomic mass is 19.4. The summed E-state index contributed by atoms with van der Waals surface area (Å²) >= 11 is 0. The normalized spacial score (nSPS) is 40.0. The van der Waals surface area contributed by atoms with Gasteiger partial charge in [0.2, 0.25) is 0 Å². The first kappa shape index (κ1) is 14.0. The molecule has 4 bridgehead atoms. The largest absolute Gasteiger partial charge is 0.575 e. The Morgan fingerprint density at radius 2 is 1.55 bits per heavy atom. The van der Waals surface area contributed by atoms with E-state index in [-0.39, 0.29) is 11.5 Å². The van der Waals surface area contributed by atoms with Gasteiger partial charge >= 0.3 is 12.3 Å². The molecule has 2 nitrogen and oxygen atoms in total. The fourth-order valence-corrected chi connectivity index (χ4v) is 4.78. The number of ether oxygens (including phenoxy) is 1. The molecule has 0 aromatic rings. The van der Waals surface area contributed by atoms with Crippen molar-refractivity contribution in [2.75, 3.05) is 0 Å². The van der Waals surface area contributed by atoms with Gasteiger partial charge < -0.3 is 4.74 Å². The van der Waals surface area contributed by atoms with Crippen LogP contribution in [0.15, 0.2) is 11.6 Å². The van der Waals surface area contributed by atoms with Crippen molar-refractivity contribution in [1.82, 2.24) is 0 Å². The van der Waals surface area contributed by atoms with E-state index >= 15 is 0 Å². The fourth-order valence-electron chi connectivity index (χ4n) is 4.78. The third kappa shape index (κ3) is 2.72. The Morgan fingerprint density at radius 3 is 2.00 bits per heavy atom. The smallest absolute Gasteiger partial charge is 0.369 e. The number of esters is 1. The van der Waals surface area contributed by atoms with Crippen LogP contribution >= 0.6 is 0 Å². The number of halogens is 3. The van der Waals surface area contributed by atoms with Crippen LogP contribution in [-0.2, 0) is 9.53 Å². The number of alkyl halides is 3. The van der Waals surface area contributed by atoms with Gasteiger partial charge in [-0.1, -0.05) is 6.08 Å². The number of rotatable bonds is 2. The van der Waals surface area contributed by atoms with Crippen LogP contribution in [0.1, 0.15) is 39.0 Å². The lowest BCUT2D eigenvalue weighted by molar-refractivity contribution is -0.303. The van der Waals surface area contributed by atoms with Crippen LogP contribution in [0.25, 0.3) is 0 Å². The van der Waals surface area contributed by atoms with Gasteiger partial charge in [-0.25, -0.2) is 4.79 Å². The van der Waals surface area contributed by atoms with Gasteiger partial charge in [0, 0.05) is 5.57 Å². The average molecular weight is 288 g/mol. The Labute approximate surface area is 116 Å². The Hall–Kier alpha value is -1.00. The van der Waals surface area contributed by atoms with Gasteiger partial charge in [0.15, 0.2) is 0 Å². The maximum atomic E-state index is 12.1. The second-order valence-corrected chi connectivity index (χ2v) is 6.69. The van der Waals surface area contributed by atoms with Gasteiger partial charge in [0.25, 0.3) is 0 Å². The Balaban J connectivity index is 1.70. The predicted molar refractivity (Wildman–Crippen MR) is 66.4 cm³/mol. The molecular formula is C15H19F3O2. The van der Waals surface area contributed by atoms with Crippen LogP contribution in [0.3, 0.4) is 0 Å². The molecule has 4 aliphatic rings. The van der Waals surface area contributed by atoms with Crippen molar-refractivity contribution in [3.8, 4) is 0 Å². The maximum Gasteiger partial charge on any atom is 0.575 e. The third-order valence-electron chi connectivity index (χ3n) is 5.27. The van der Waals surface area contributed by atoms with E-state index in [2.05, 4.69) is 4.74 Å². The molecule has 0 heterocycles. The van der Waals surface area contributed by atoms with Crippen LogP contribution in [0.5, 0.6) is 0 Å². The van der Waals surface area contributed by atoms with Crippen molar-refractivity contribution in [3.05, 3.63) is 11.6 Å². The summed E-state index contributed by atoms with van der Waals surface area (Å²) in [5, 5.41) is 0. The van der Waals surface area contributed by atoms with E-state index in [9.17, 15) is 18.0 Å². The number of carbonyl (C=O) groups excluding carboxylic acids is 1. The topological polar surface area (TPSA) is 26.3 Å². The highest BCUT2D eigenvalue weighted by molar-refractivity contribution is 5.87. The standard InChI is InChI=1S/C15H19F3O2/c1-8(14(19)20-15(16,17)18)2-13-11-4-9-3-10(6-11)7-12(13)5-9/h2,9-13H,3-7H2,1H3. The molecule has 0 spiro atoms. The molecule has 4 fully saturated rings. The summed E-state index contributed by atoms with van der Waals surface area (Å²) in [6, 6.07) is 0. The summed E-state index contributed by atoms with van der Waals surface area (Å²) in [5.41, 5.74) is 0.0970. The molecule has 0 atom stereocenters. The number of allylic oxidation sites excluding steroid dienone is 1. The summed E-state index contributed by atoms with van der Waals surface area (Å²) in [6.07, 6.45) is 2.90. The molecule has 112 valence electrons. The molecule has 20 heavy (non-hydrogen) atoms. The lowest BCUT2D eigenvalue weighted by Crippen LogP contribution is -2.44. The van der Waals surface area contributed by atoms with Crippen molar-refractivity contribution < 1.29 is 22.7 Å². The van der Waals surface area contributed by atoms with Crippen molar-refractivity contribution in [2.45, 2.75) is 45.4 Å². The molecule has 0 saturated heterocycles. The summed E-state index contributed by atoms with van der Waals surface area (Å²) in [4.78, 5) is 11.4. The van der Waals surface area contributed by atoms with Crippen LogP contribution < -0.4 is 0 Å². The molecular weight excluding hydrogens is 269 g/mol. The molecule has 4 saturated carbocycles. The second-order valence-electron chi connectivity index (χ2n) is 6.69. The molecule has 0 radical (unpaired) electrons. The molecule has 0 amide bonds. The van der Waals surface area contributed by atoms with E-state index in [0.717, 1.165) is 11.8 Å². The first-order valence-corrected chi connectivity index (χ1v) is 7.30. The van der Waals surface area contributed by atoms with E-state index < -0.39 is 12.3 Å². The highest BCUT2D eigenvalue weighted by Gasteiger charge is 2.47. The molecule has 0 unspecified atom stereocenters. The molecule has 4 aliphatic carbocycles. The summed E-state index contributed by atoms with van der Waals surface area (Å²) in [5.74, 6) is 1.74.